The summed E-state index contributed by atoms with van der Waals surface area (Å²) in [5.41, 5.74) is 0.591. The summed E-state index contributed by atoms with van der Waals surface area (Å²) in [5.74, 6) is 0.763. The third-order valence-corrected chi connectivity index (χ3v) is 5.47. The van der Waals surface area contributed by atoms with Crippen molar-refractivity contribution in [1.29, 1.82) is 0 Å². The third-order valence-electron chi connectivity index (χ3n) is 5.47. The van der Waals surface area contributed by atoms with Crippen LogP contribution in [0.2, 0.25) is 0 Å². The van der Waals surface area contributed by atoms with E-state index in [0.717, 1.165) is 32.0 Å². The second-order valence-corrected chi connectivity index (χ2v) is 7.31. The van der Waals surface area contributed by atoms with E-state index in [4.69, 9.17) is 0 Å². The molecule has 1 aromatic rings. The Morgan fingerprint density at radius 1 is 1.26 bits per heavy atom. The second kappa shape index (κ2) is 9.46. The van der Waals surface area contributed by atoms with Crippen molar-refractivity contribution in [3.8, 4) is 0 Å². The number of piperazine rings is 1. The van der Waals surface area contributed by atoms with E-state index in [1.54, 1.807) is 42.5 Å². The number of para-hydroxylation sites is 1. The molecule has 1 unspecified atom stereocenters. The summed E-state index contributed by atoms with van der Waals surface area (Å²) in [4.78, 5) is 25.2. The van der Waals surface area contributed by atoms with Crippen molar-refractivity contribution in [2.75, 3.05) is 19.6 Å². The lowest BCUT2D eigenvalue weighted by Gasteiger charge is -2.37. The van der Waals surface area contributed by atoms with Gasteiger partial charge in [0.1, 0.15) is 0 Å². The highest BCUT2D eigenvalue weighted by molar-refractivity contribution is 5.88. The molecule has 6 nitrogen and oxygen atoms in total. The Morgan fingerprint density at radius 2 is 2.04 bits per heavy atom. The number of amides is 1. The Hall–Kier alpha value is -2.47. The van der Waals surface area contributed by atoms with Crippen LogP contribution in [-0.4, -0.2) is 41.4 Å². The Bertz CT molecular complexity index is 723. The quantitative estimate of drug-likeness (QED) is 0.360. The summed E-state index contributed by atoms with van der Waals surface area (Å²) >= 11 is 0. The van der Waals surface area contributed by atoms with Crippen molar-refractivity contribution in [3.05, 3.63) is 58.2 Å². The van der Waals surface area contributed by atoms with Gasteiger partial charge >= 0.3 is 0 Å². The van der Waals surface area contributed by atoms with E-state index in [1.165, 1.54) is 31.7 Å². The van der Waals surface area contributed by atoms with Gasteiger partial charge in [-0.05, 0) is 24.5 Å². The van der Waals surface area contributed by atoms with Crippen LogP contribution in [0.15, 0.2) is 42.5 Å². The van der Waals surface area contributed by atoms with E-state index < -0.39 is 4.92 Å². The van der Waals surface area contributed by atoms with E-state index >= 15 is 0 Å². The summed E-state index contributed by atoms with van der Waals surface area (Å²) in [6.45, 7) is 2.42. The second-order valence-electron chi connectivity index (χ2n) is 7.31. The molecule has 3 rings (SSSR count). The third kappa shape index (κ3) is 5.26. The lowest BCUT2D eigenvalue weighted by molar-refractivity contribution is -0.385. The van der Waals surface area contributed by atoms with Crippen LogP contribution in [0.1, 0.15) is 37.7 Å². The standard InChI is InChI=1S/C21H27N3O3/c25-21(12-6-4-10-18-9-3-5-11-20(18)24(26)27)23-14-13-22-16-19(23)15-17-7-1-2-8-17/h3-6,9-12,17,19,22H,1-2,7-8,13-16H2/b10-4+,12-6+. The van der Waals surface area contributed by atoms with Gasteiger partial charge in [0, 0.05) is 37.8 Å². The summed E-state index contributed by atoms with van der Waals surface area (Å²) in [6, 6.07) is 6.83. The highest BCUT2D eigenvalue weighted by Crippen LogP contribution is 2.30. The molecule has 2 aliphatic rings. The Labute approximate surface area is 160 Å². The molecule has 1 N–H and O–H groups in total. The van der Waals surface area contributed by atoms with Crippen LogP contribution < -0.4 is 5.32 Å². The smallest absolute Gasteiger partial charge is 0.276 e. The van der Waals surface area contributed by atoms with E-state index in [2.05, 4.69) is 5.32 Å². The fourth-order valence-electron chi connectivity index (χ4n) is 4.08. The molecule has 0 spiro atoms. The topological polar surface area (TPSA) is 75.5 Å². The molecular formula is C21H27N3O3. The summed E-state index contributed by atoms with van der Waals surface area (Å²) in [7, 11) is 0. The molecule has 27 heavy (non-hydrogen) atoms. The Morgan fingerprint density at radius 3 is 2.81 bits per heavy atom. The minimum absolute atomic E-state index is 0.0201. The lowest BCUT2D eigenvalue weighted by Crippen LogP contribution is -2.53. The van der Waals surface area contributed by atoms with E-state index in [0.29, 0.717) is 5.56 Å². The van der Waals surface area contributed by atoms with Gasteiger partial charge in [-0.2, -0.15) is 0 Å². The van der Waals surface area contributed by atoms with E-state index in [1.807, 2.05) is 4.90 Å². The Balaban J connectivity index is 1.60. The highest BCUT2D eigenvalue weighted by Gasteiger charge is 2.28. The van der Waals surface area contributed by atoms with Gasteiger partial charge in [-0.15, -0.1) is 0 Å². The average Bonchev–Trinajstić information content (AvgIpc) is 3.19. The summed E-state index contributed by atoms with van der Waals surface area (Å²) in [5, 5.41) is 14.4. The molecule has 2 fully saturated rings. The van der Waals surface area contributed by atoms with Gasteiger partial charge in [-0.1, -0.05) is 50.0 Å². The van der Waals surface area contributed by atoms with Gasteiger partial charge in [0.05, 0.1) is 10.5 Å². The molecular weight excluding hydrogens is 342 g/mol. The number of nitro groups is 1. The fraction of sp³-hybridized carbons (Fsp3) is 0.476. The van der Waals surface area contributed by atoms with Gasteiger partial charge in [0.15, 0.2) is 0 Å². The number of nitrogens with one attached hydrogen (secondary N) is 1. The molecule has 1 atom stereocenters. The number of rotatable bonds is 6. The van der Waals surface area contributed by atoms with Crippen molar-refractivity contribution in [2.24, 2.45) is 5.92 Å². The van der Waals surface area contributed by atoms with Crippen molar-refractivity contribution >= 4 is 17.7 Å². The molecule has 1 amide bonds. The normalized spacial score (nSPS) is 21.3. The van der Waals surface area contributed by atoms with Crippen molar-refractivity contribution < 1.29 is 9.72 Å². The molecule has 6 heteroatoms. The predicted molar refractivity (Wildman–Crippen MR) is 106 cm³/mol. The first-order chi connectivity index (χ1) is 13.1. The maximum atomic E-state index is 12.6. The van der Waals surface area contributed by atoms with Gasteiger partial charge < -0.3 is 10.2 Å². The monoisotopic (exact) mass is 369 g/mol. The van der Waals surface area contributed by atoms with Crippen LogP contribution in [0, 0.1) is 16.0 Å². The van der Waals surface area contributed by atoms with Crippen LogP contribution in [0.3, 0.4) is 0 Å². The maximum Gasteiger partial charge on any atom is 0.276 e. The first kappa shape index (κ1) is 19.3. The molecule has 0 aromatic heterocycles. The van der Waals surface area contributed by atoms with Crippen molar-refractivity contribution in [3.63, 3.8) is 0 Å². The molecule has 1 saturated heterocycles. The zero-order valence-electron chi connectivity index (χ0n) is 15.5. The highest BCUT2D eigenvalue weighted by atomic mass is 16.6. The van der Waals surface area contributed by atoms with E-state index in [9.17, 15) is 14.9 Å². The molecule has 1 aliphatic heterocycles. The average molecular weight is 369 g/mol. The maximum absolute atomic E-state index is 12.6. The first-order valence-electron chi connectivity index (χ1n) is 9.74. The minimum atomic E-state index is -0.400. The largest absolute Gasteiger partial charge is 0.334 e. The molecule has 1 aromatic carbocycles. The van der Waals surface area contributed by atoms with Crippen LogP contribution in [-0.2, 0) is 4.79 Å². The van der Waals surface area contributed by atoms with Crippen molar-refractivity contribution in [2.45, 2.75) is 38.1 Å². The number of hydrogen-bond acceptors (Lipinski definition) is 4. The number of allylic oxidation sites excluding steroid dienone is 2. The van der Waals surface area contributed by atoms with Crippen LogP contribution in [0.4, 0.5) is 5.69 Å². The van der Waals surface area contributed by atoms with Crippen molar-refractivity contribution in [1.82, 2.24) is 10.2 Å². The van der Waals surface area contributed by atoms with E-state index in [-0.39, 0.29) is 17.6 Å². The lowest BCUT2D eigenvalue weighted by atomic mass is 9.96. The number of benzene rings is 1. The van der Waals surface area contributed by atoms with Gasteiger partial charge in [-0.25, -0.2) is 0 Å². The molecule has 0 bridgehead atoms. The zero-order valence-corrected chi connectivity index (χ0v) is 15.5. The van der Waals surface area contributed by atoms with Crippen LogP contribution >= 0.6 is 0 Å². The first-order valence-corrected chi connectivity index (χ1v) is 9.74. The molecule has 0 radical (unpaired) electrons. The SMILES string of the molecule is O=C(/C=C/C=C/c1ccccc1[N+](=O)[O-])N1CCNCC1CC1CCCC1. The number of nitro benzene ring substituents is 1. The number of nitrogens with zero attached hydrogens (tertiary/aromatic N) is 2. The van der Waals surface area contributed by atoms with Gasteiger partial charge in [0.25, 0.3) is 5.69 Å². The van der Waals surface area contributed by atoms with Gasteiger partial charge in [0.2, 0.25) is 5.91 Å². The zero-order chi connectivity index (χ0) is 19.1. The van der Waals surface area contributed by atoms with Crippen LogP contribution in [0.25, 0.3) is 6.08 Å². The number of carbonyl (C=O) groups is 1. The summed E-state index contributed by atoms with van der Waals surface area (Å²) < 4.78 is 0. The number of hydrogen-bond donors (Lipinski definition) is 1. The number of carbonyl (C=O) groups excluding carboxylic acids is 1. The predicted octanol–water partition coefficient (Wildman–Crippen LogP) is 3.54. The molecule has 1 aliphatic carbocycles. The van der Waals surface area contributed by atoms with Crippen LogP contribution in [0.5, 0.6) is 0 Å². The van der Waals surface area contributed by atoms with Gasteiger partial charge in [-0.3, -0.25) is 14.9 Å². The Kier molecular flexibility index (Phi) is 6.76. The minimum Gasteiger partial charge on any atom is -0.334 e. The summed E-state index contributed by atoms with van der Waals surface area (Å²) in [6.07, 6.45) is 12.9. The molecule has 1 heterocycles. The fourth-order valence-corrected chi connectivity index (χ4v) is 4.08. The molecule has 144 valence electrons. The molecule has 1 saturated carbocycles.